The monoisotopic (exact) mass is 264 g/mol. The van der Waals surface area contributed by atoms with Crippen LogP contribution >= 0.6 is 11.6 Å². The van der Waals surface area contributed by atoms with Crippen LogP contribution in [0.5, 0.6) is 0 Å². The van der Waals surface area contributed by atoms with Gasteiger partial charge in [0.05, 0.1) is 6.61 Å². The van der Waals surface area contributed by atoms with E-state index in [0.717, 1.165) is 11.8 Å². The molecule has 0 spiro atoms. The van der Waals surface area contributed by atoms with Crippen molar-refractivity contribution >= 4 is 23.2 Å². The summed E-state index contributed by atoms with van der Waals surface area (Å²) in [6.45, 7) is 3.99. The zero-order valence-corrected chi connectivity index (χ0v) is 10.9. The van der Waals surface area contributed by atoms with Gasteiger partial charge in [0.25, 0.3) is 5.91 Å². The number of halogens is 1. The number of benzene rings is 1. The number of rotatable bonds is 4. The van der Waals surface area contributed by atoms with Crippen LogP contribution in [0.3, 0.4) is 0 Å². The quantitative estimate of drug-likeness (QED) is 0.516. The molecule has 0 unspecified atom stereocenters. The molecule has 1 N–H and O–H groups in total. The molecule has 0 atom stereocenters. The van der Waals surface area contributed by atoms with Crippen molar-refractivity contribution in [2.45, 2.75) is 13.8 Å². The third-order valence-corrected chi connectivity index (χ3v) is 2.40. The number of carbonyl (C=O) groups is 1. The van der Waals surface area contributed by atoms with Gasteiger partial charge in [-0.3, -0.25) is 4.79 Å². The van der Waals surface area contributed by atoms with Crippen LogP contribution in [0.1, 0.15) is 12.5 Å². The van der Waals surface area contributed by atoms with E-state index in [-0.39, 0.29) is 5.57 Å². The fourth-order valence-electron chi connectivity index (χ4n) is 1.25. The van der Waals surface area contributed by atoms with Gasteiger partial charge < -0.3 is 10.1 Å². The third kappa shape index (κ3) is 3.79. The van der Waals surface area contributed by atoms with Crippen molar-refractivity contribution in [1.82, 2.24) is 0 Å². The van der Waals surface area contributed by atoms with Crippen LogP contribution in [0, 0.1) is 18.3 Å². The van der Waals surface area contributed by atoms with Crippen LogP contribution in [-0.4, -0.2) is 12.5 Å². The maximum atomic E-state index is 11.8. The summed E-state index contributed by atoms with van der Waals surface area (Å²) in [5, 5.41) is 12.1. The number of hydrogen-bond donors (Lipinski definition) is 1. The Morgan fingerprint density at radius 3 is 2.89 bits per heavy atom. The molecule has 0 fully saturated rings. The zero-order chi connectivity index (χ0) is 13.5. The van der Waals surface area contributed by atoms with Crippen molar-refractivity contribution in [1.29, 1.82) is 5.26 Å². The molecule has 0 bridgehead atoms. The number of hydrogen-bond acceptors (Lipinski definition) is 3. The predicted octanol–water partition coefficient (Wildman–Crippen LogP) is 3.03. The van der Waals surface area contributed by atoms with Crippen molar-refractivity contribution in [3.8, 4) is 6.07 Å². The van der Waals surface area contributed by atoms with Gasteiger partial charge in [-0.25, -0.2) is 0 Å². The Labute approximate surface area is 111 Å². The summed E-state index contributed by atoms with van der Waals surface area (Å²) in [4.78, 5) is 11.8. The number of nitrogens with one attached hydrogen (secondary N) is 1. The largest absolute Gasteiger partial charge is 0.500 e. The molecule has 1 rings (SSSR count). The summed E-state index contributed by atoms with van der Waals surface area (Å²) in [5.74, 6) is -0.503. The Bertz CT molecular complexity index is 518. The van der Waals surface area contributed by atoms with E-state index in [2.05, 4.69) is 5.32 Å². The highest BCUT2D eigenvalue weighted by Gasteiger charge is 2.11. The number of anilines is 1. The van der Waals surface area contributed by atoms with Crippen LogP contribution in [0.15, 0.2) is 30.0 Å². The minimum Gasteiger partial charge on any atom is -0.500 e. The van der Waals surface area contributed by atoms with Crippen LogP contribution in [0.4, 0.5) is 5.69 Å². The third-order valence-electron chi connectivity index (χ3n) is 2.17. The Morgan fingerprint density at radius 2 is 2.33 bits per heavy atom. The normalized spacial score (nSPS) is 10.7. The first-order valence-electron chi connectivity index (χ1n) is 5.37. The number of nitriles is 1. The Balaban J connectivity index is 2.84. The van der Waals surface area contributed by atoms with Gasteiger partial charge in [-0.2, -0.15) is 5.26 Å². The number of ether oxygens (including phenoxy) is 1. The molecule has 0 heterocycles. The fraction of sp³-hybridized carbons (Fsp3) is 0.231. The molecule has 0 aliphatic carbocycles. The second-order valence-electron chi connectivity index (χ2n) is 3.51. The smallest absolute Gasteiger partial charge is 0.269 e. The number of amides is 1. The minimum atomic E-state index is -0.503. The van der Waals surface area contributed by atoms with Crippen molar-refractivity contribution in [2.24, 2.45) is 0 Å². The van der Waals surface area contributed by atoms with Crippen molar-refractivity contribution in [3.05, 3.63) is 40.6 Å². The summed E-state index contributed by atoms with van der Waals surface area (Å²) >= 11 is 5.82. The van der Waals surface area contributed by atoms with E-state index in [1.54, 1.807) is 31.2 Å². The molecule has 0 aliphatic rings. The second-order valence-corrected chi connectivity index (χ2v) is 3.95. The first-order valence-corrected chi connectivity index (χ1v) is 5.75. The van der Waals surface area contributed by atoms with E-state index in [0.29, 0.717) is 17.3 Å². The van der Waals surface area contributed by atoms with E-state index >= 15 is 0 Å². The molecule has 0 aliphatic heterocycles. The van der Waals surface area contributed by atoms with Crippen LogP contribution in [0.2, 0.25) is 5.02 Å². The lowest BCUT2D eigenvalue weighted by atomic mass is 10.2. The highest BCUT2D eigenvalue weighted by atomic mass is 35.5. The predicted molar refractivity (Wildman–Crippen MR) is 70.1 cm³/mol. The zero-order valence-electron chi connectivity index (χ0n) is 10.2. The molecule has 0 radical (unpaired) electrons. The van der Waals surface area contributed by atoms with E-state index in [4.69, 9.17) is 21.6 Å². The van der Waals surface area contributed by atoms with E-state index < -0.39 is 5.91 Å². The molecule has 0 saturated carbocycles. The Hall–Kier alpha value is -1.99. The number of nitrogens with zero attached hydrogens (tertiary/aromatic N) is 1. The molecule has 0 aromatic heterocycles. The molecule has 94 valence electrons. The second kappa shape index (κ2) is 6.67. The first-order chi connectivity index (χ1) is 8.58. The summed E-state index contributed by atoms with van der Waals surface area (Å²) in [6, 6.07) is 6.87. The first kappa shape index (κ1) is 14.1. The standard InChI is InChI=1S/C13H13ClN2O2/c1-3-18-8-10(7-15)13(17)16-12-5-4-11(14)6-9(12)2/h4-6,8H,3H2,1-2H3,(H,16,17)/b10-8+. The molecule has 1 amide bonds. The summed E-state index contributed by atoms with van der Waals surface area (Å²) in [6.07, 6.45) is 1.15. The maximum absolute atomic E-state index is 11.8. The van der Waals surface area contributed by atoms with Gasteiger partial charge in [-0.15, -0.1) is 0 Å². The lowest BCUT2D eigenvalue weighted by Crippen LogP contribution is -2.14. The molecule has 4 nitrogen and oxygen atoms in total. The van der Waals surface area contributed by atoms with Crippen LogP contribution in [-0.2, 0) is 9.53 Å². The van der Waals surface area contributed by atoms with Gasteiger partial charge in [0, 0.05) is 10.7 Å². The number of aryl methyl sites for hydroxylation is 1. The fourth-order valence-corrected chi connectivity index (χ4v) is 1.48. The molecule has 5 heteroatoms. The van der Waals surface area contributed by atoms with Crippen molar-refractivity contribution in [3.63, 3.8) is 0 Å². The summed E-state index contributed by atoms with van der Waals surface area (Å²) in [5.41, 5.74) is 1.36. The lowest BCUT2D eigenvalue weighted by Gasteiger charge is -2.07. The van der Waals surface area contributed by atoms with Gasteiger partial charge in [-0.05, 0) is 37.6 Å². The molecule has 0 saturated heterocycles. The average molecular weight is 265 g/mol. The van der Waals surface area contributed by atoms with Crippen LogP contribution in [0.25, 0.3) is 0 Å². The molecular formula is C13H13ClN2O2. The van der Waals surface area contributed by atoms with Crippen LogP contribution < -0.4 is 5.32 Å². The highest BCUT2D eigenvalue weighted by molar-refractivity contribution is 6.30. The van der Waals surface area contributed by atoms with Gasteiger partial charge in [-0.1, -0.05) is 11.6 Å². The van der Waals surface area contributed by atoms with Gasteiger partial charge in [0.1, 0.15) is 12.3 Å². The minimum absolute atomic E-state index is 0.0776. The van der Waals surface area contributed by atoms with E-state index in [1.807, 2.05) is 6.92 Å². The highest BCUT2D eigenvalue weighted by Crippen LogP contribution is 2.20. The van der Waals surface area contributed by atoms with E-state index in [1.165, 1.54) is 0 Å². The van der Waals surface area contributed by atoms with Crippen molar-refractivity contribution in [2.75, 3.05) is 11.9 Å². The number of carbonyl (C=O) groups excluding carboxylic acids is 1. The topological polar surface area (TPSA) is 62.1 Å². The average Bonchev–Trinajstić information content (AvgIpc) is 2.34. The van der Waals surface area contributed by atoms with Gasteiger partial charge in [0.15, 0.2) is 5.57 Å². The Kier molecular flexibility index (Phi) is 5.22. The molecule has 1 aromatic rings. The Morgan fingerprint density at radius 1 is 1.61 bits per heavy atom. The lowest BCUT2D eigenvalue weighted by molar-refractivity contribution is -0.112. The SMILES string of the molecule is CCO/C=C(\C#N)C(=O)Nc1ccc(Cl)cc1C. The molecule has 18 heavy (non-hydrogen) atoms. The molecular weight excluding hydrogens is 252 g/mol. The summed E-state index contributed by atoms with van der Waals surface area (Å²) in [7, 11) is 0. The van der Waals surface area contributed by atoms with Gasteiger partial charge in [0.2, 0.25) is 0 Å². The molecule has 1 aromatic carbocycles. The van der Waals surface area contributed by atoms with E-state index in [9.17, 15) is 4.79 Å². The van der Waals surface area contributed by atoms with Gasteiger partial charge >= 0.3 is 0 Å². The van der Waals surface area contributed by atoms with Crippen molar-refractivity contribution < 1.29 is 9.53 Å². The summed E-state index contributed by atoms with van der Waals surface area (Å²) < 4.78 is 4.93. The maximum Gasteiger partial charge on any atom is 0.269 e.